The fraction of sp³-hybridized carbons (Fsp3) is 0.562. The minimum absolute atomic E-state index is 0. The molecule has 0 saturated carbocycles. The summed E-state index contributed by atoms with van der Waals surface area (Å²) in [6.07, 6.45) is -2.55. The smallest absolute Gasteiger partial charge is 0.370 e. The molecule has 1 aliphatic rings. The van der Waals surface area contributed by atoms with Crippen molar-refractivity contribution in [2.24, 2.45) is 16.6 Å². The molecule has 0 aliphatic carbocycles. The number of likely N-dealkylation sites (tertiary alicyclic amines) is 1. The molecule has 1 aromatic carbocycles. The van der Waals surface area contributed by atoms with Crippen molar-refractivity contribution in [2.45, 2.75) is 19.0 Å². The Bertz CT molecular complexity index is 508. The maximum absolute atomic E-state index is 12.3. The Labute approximate surface area is 157 Å². The van der Waals surface area contributed by atoms with Gasteiger partial charge in [0, 0.05) is 19.6 Å². The van der Waals surface area contributed by atoms with E-state index in [0.29, 0.717) is 32.1 Å². The number of hydrogen-bond donors (Lipinski definition) is 2. The number of alkyl halides is 3. The number of aliphatic imine (C=N–C) groups is 1. The summed E-state index contributed by atoms with van der Waals surface area (Å²) in [6, 6.07) is 10.0. The Balaban J connectivity index is 0.00000288. The van der Waals surface area contributed by atoms with Crippen LogP contribution in [0, 0.1) is 5.92 Å². The van der Waals surface area contributed by atoms with Gasteiger partial charge >= 0.3 is 6.18 Å². The van der Waals surface area contributed by atoms with Crippen molar-refractivity contribution in [1.29, 1.82) is 0 Å². The average Bonchev–Trinajstić information content (AvgIpc) is 2.92. The quantitative estimate of drug-likeness (QED) is 0.393. The third kappa shape index (κ3) is 8.18. The van der Waals surface area contributed by atoms with Gasteiger partial charge < -0.3 is 11.1 Å². The third-order valence-corrected chi connectivity index (χ3v) is 3.86. The van der Waals surface area contributed by atoms with Gasteiger partial charge in [0.25, 0.3) is 0 Å². The van der Waals surface area contributed by atoms with Crippen molar-refractivity contribution in [3.05, 3.63) is 35.9 Å². The van der Waals surface area contributed by atoms with Crippen molar-refractivity contribution in [3.8, 4) is 0 Å². The van der Waals surface area contributed by atoms with Gasteiger partial charge in [-0.3, -0.25) is 9.89 Å². The molecular formula is C16H24F3IN4. The van der Waals surface area contributed by atoms with Crippen LogP contribution in [0.3, 0.4) is 0 Å². The van der Waals surface area contributed by atoms with E-state index in [0.717, 1.165) is 12.8 Å². The Morgan fingerprint density at radius 1 is 1.29 bits per heavy atom. The van der Waals surface area contributed by atoms with Crippen LogP contribution < -0.4 is 11.1 Å². The van der Waals surface area contributed by atoms with Crippen LogP contribution in [-0.2, 0) is 6.42 Å². The number of halogens is 4. The molecule has 136 valence electrons. The predicted molar refractivity (Wildman–Crippen MR) is 101 cm³/mol. The number of rotatable bonds is 6. The summed E-state index contributed by atoms with van der Waals surface area (Å²) in [4.78, 5) is 5.67. The highest BCUT2D eigenvalue weighted by Crippen LogP contribution is 2.22. The summed E-state index contributed by atoms with van der Waals surface area (Å²) in [7, 11) is 0. The Hall–Kier alpha value is -1.03. The minimum atomic E-state index is -4.13. The topological polar surface area (TPSA) is 53.6 Å². The number of nitrogens with two attached hydrogens (primary N) is 1. The first-order chi connectivity index (χ1) is 10.9. The lowest BCUT2D eigenvalue weighted by atomic mass is 10.1. The molecule has 1 fully saturated rings. The number of benzene rings is 1. The van der Waals surface area contributed by atoms with Gasteiger partial charge in [0.1, 0.15) is 0 Å². The van der Waals surface area contributed by atoms with E-state index in [1.54, 1.807) is 0 Å². The molecule has 0 aromatic heterocycles. The van der Waals surface area contributed by atoms with Crippen LogP contribution >= 0.6 is 24.0 Å². The molecule has 1 unspecified atom stereocenters. The Morgan fingerprint density at radius 2 is 2.00 bits per heavy atom. The molecule has 24 heavy (non-hydrogen) atoms. The molecule has 4 nitrogen and oxygen atoms in total. The van der Waals surface area contributed by atoms with Crippen molar-refractivity contribution >= 4 is 29.9 Å². The molecule has 0 radical (unpaired) electrons. The van der Waals surface area contributed by atoms with Crippen molar-refractivity contribution in [3.63, 3.8) is 0 Å². The van der Waals surface area contributed by atoms with Crippen LogP contribution in [0.5, 0.6) is 0 Å². The molecule has 0 amide bonds. The van der Waals surface area contributed by atoms with Gasteiger partial charge in [-0.2, -0.15) is 13.2 Å². The van der Waals surface area contributed by atoms with Crippen LogP contribution in [0.15, 0.2) is 35.3 Å². The van der Waals surface area contributed by atoms with Crippen LogP contribution in [-0.4, -0.2) is 49.8 Å². The van der Waals surface area contributed by atoms with Crippen LogP contribution in [0.25, 0.3) is 0 Å². The molecule has 1 atom stereocenters. The highest BCUT2D eigenvalue weighted by Gasteiger charge is 2.34. The zero-order valence-corrected chi connectivity index (χ0v) is 15.8. The van der Waals surface area contributed by atoms with Crippen LogP contribution in [0.2, 0.25) is 0 Å². The molecular weight excluding hydrogens is 432 g/mol. The summed E-state index contributed by atoms with van der Waals surface area (Å²) in [5.74, 6) is 0.502. The van der Waals surface area contributed by atoms with Gasteiger partial charge in [0.05, 0.1) is 6.54 Å². The van der Waals surface area contributed by atoms with E-state index in [1.165, 1.54) is 10.5 Å². The summed E-state index contributed by atoms with van der Waals surface area (Å²) >= 11 is 0. The maximum atomic E-state index is 12.3. The monoisotopic (exact) mass is 456 g/mol. The summed E-state index contributed by atoms with van der Waals surface area (Å²) in [5, 5.41) is 3.04. The number of nitrogens with one attached hydrogen (secondary N) is 1. The van der Waals surface area contributed by atoms with Crippen LogP contribution in [0.4, 0.5) is 13.2 Å². The van der Waals surface area contributed by atoms with E-state index in [4.69, 9.17) is 5.73 Å². The highest BCUT2D eigenvalue weighted by atomic mass is 127. The van der Waals surface area contributed by atoms with Gasteiger partial charge in [0.15, 0.2) is 5.96 Å². The molecule has 1 heterocycles. The molecule has 0 spiro atoms. The summed E-state index contributed by atoms with van der Waals surface area (Å²) in [6.45, 7) is 1.22. The standard InChI is InChI=1S/C16H23F3N4.HI/c17-16(18,19)12-23-9-7-14(11-23)10-22-15(20)21-8-6-13-4-2-1-3-5-13;/h1-5,14H,6-12H2,(H3,20,21,22);1H. The lowest BCUT2D eigenvalue weighted by Crippen LogP contribution is -2.34. The van der Waals surface area contributed by atoms with Gasteiger partial charge in [0.2, 0.25) is 0 Å². The number of guanidine groups is 1. The van der Waals surface area contributed by atoms with E-state index in [9.17, 15) is 13.2 Å². The zero-order valence-electron chi connectivity index (χ0n) is 13.4. The predicted octanol–water partition coefficient (Wildman–Crippen LogP) is 2.64. The van der Waals surface area contributed by atoms with E-state index >= 15 is 0 Å². The van der Waals surface area contributed by atoms with Crippen molar-refractivity contribution < 1.29 is 13.2 Å². The SMILES string of the molecule is I.NC(=NCC1CCN(CC(F)(F)F)C1)NCCc1ccccc1. The molecule has 8 heteroatoms. The fourth-order valence-electron chi connectivity index (χ4n) is 2.72. The van der Waals surface area contributed by atoms with Crippen LogP contribution in [0.1, 0.15) is 12.0 Å². The lowest BCUT2D eigenvalue weighted by Gasteiger charge is -2.17. The van der Waals surface area contributed by atoms with Gasteiger partial charge in [-0.25, -0.2) is 0 Å². The maximum Gasteiger partial charge on any atom is 0.401 e. The molecule has 1 aromatic rings. The number of hydrogen-bond acceptors (Lipinski definition) is 2. The average molecular weight is 456 g/mol. The molecule has 3 N–H and O–H groups in total. The van der Waals surface area contributed by atoms with Crippen molar-refractivity contribution in [2.75, 3.05) is 32.7 Å². The van der Waals surface area contributed by atoms with E-state index in [-0.39, 0.29) is 29.9 Å². The second kappa shape index (κ2) is 10.1. The van der Waals surface area contributed by atoms with E-state index < -0.39 is 12.7 Å². The largest absolute Gasteiger partial charge is 0.401 e. The first-order valence-corrected chi connectivity index (χ1v) is 7.79. The Kier molecular flexibility index (Phi) is 8.82. The highest BCUT2D eigenvalue weighted by molar-refractivity contribution is 14.0. The molecule has 1 saturated heterocycles. The van der Waals surface area contributed by atoms with Crippen molar-refractivity contribution in [1.82, 2.24) is 10.2 Å². The molecule has 1 aliphatic heterocycles. The Morgan fingerprint density at radius 3 is 2.67 bits per heavy atom. The second-order valence-electron chi connectivity index (χ2n) is 5.89. The fourth-order valence-corrected chi connectivity index (χ4v) is 2.72. The molecule has 0 bridgehead atoms. The lowest BCUT2D eigenvalue weighted by molar-refractivity contribution is -0.143. The minimum Gasteiger partial charge on any atom is -0.370 e. The van der Waals surface area contributed by atoms with Gasteiger partial charge in [-0.05, 0) is 30.9 Å². The number of nitrogens with zero attached hydrogens (tertiary/aromatic N) is 2. The zero-order chi connectivity index (χ0) is 16.7. The summed E-state index contributed by atoms with van der Waals surface area (Å²) < 4.78 is 37.0. The normalized spacial score (nSPS) is 19.1. The summed E-state index contributed by atoms with van der Waals surface area (Å²) in [5.41, 5.74) is 7.01. The van der Waals surface area contributed by atoms with E-state index in [2.05, 4.69) is 10.3 Å². The second-order valence-corrected chi connectivity index (χ2v) is 5.89. The molecule has 2 rings (SSSR count). The van der Waals surface area contributed by atoms with Gasteiger partial charge in [-0.1, -0.05) is 30.3 Å². The third-order valence-electron chi connectivity index (χ3n) is 3.86. The first-order valence-electron chi connectivity index (χ1n) is 7.79. The van der Waals surface area contributed by atoms with Gasteiger partial charge in [-0.15, -0.1) is 24.0 Å². The first kappa shape index (κ1) is 21.0. The van der Waals surface area contributed by atoms with E-state index in [1.807, 2.05) is 30.3 Å².